The molecule has 0 bridgehead atoms. The largest absolute Gasteiger partial charge is 0.311 e. The fourth-order valence-corrected chi connectivity index (χ4v) is 2.35. The van der Waals surface area contributed by atoms with Gasteiger partial charge in [0.15, 0.2) is 5.82 Å². The van der Waals surface area contributed by atoms with Crippen molar-refractivity contribution in [2.24, 2.45) is 0 Å². The predicted octanol–water partition coefficient (Wildman–Crippen LogP) is 2.56. The molecule has 0 unspecified atom stereocenters. The maximum atomic E-state index is 4.67. The molecule has 2 aromatic rings. The van der Waals surface area contributed by atoms with E-state index in [0.29, 0.717) is 0 Å². The van der Waals surface area contributed by atoms with E-state index in [1.165, 1.54) is 11.3 Å². The van der Waals surface area contributed by atoms with Gasteiger partial charge in [0, 0.05) is 12.2 Å². The maximum absolute atomic E-state index is 4.67. The fraction of sp³-hybridized carbons (Fsp3) is 0.467. The molecule has 0 saturated carbocycles. The van der Waals surface area contributed by atoms with E-state index in [2.05, 4.69) is 43.1 Å². The van der Waals surface area contributed by atoms with Crippen LogP contribution in [0.3, 0.4) is 0 Å². The highest BCUT2D eigenvalue weighted by atomic mass is 15.3. The summed E-state index contributed by atoms with van der Waals surface area (Å²) in [6.45, 7) is 10.2. The highest BCUT2D eigenvalue weighted by Gasteiger charge is 2.11. The van der Waals surface area contributed by atoms with Crippen LogP contribution < -0.4 is 5.32 Å². The molecule has 0 amide bonds. The summed E-state index contributed by atoms with van der Waals surface area (Å²) in [6, 6.07) is 6.09. The molecule has 0 saturated heterocycles. The summed E-state index contributed by atoms with van der Waals surface area (Å²) < 4.78 is 1.95. The Kier molecular flexibility index (Phi) is 4.32. The molecular weight excluding hydrogens is 236 g/mol. The summed E-state index contributed by atoms with van der Waals surface area (Å²) in [5.41, 5.74) is 4.65. The number of aromatic nitrogens is 3. The Morgan fingerprint density at radius 1 is 1.21 bits per heavy atom. The molecule has 0 fully saturated rings. The van der Waals surface area contributed by atoms with Gasteiger partial charge >= 0.3 is 0 Å². The highest BCUT2D eigenvalue weighted by molar-refractivity contribution is 5.33. The highest BCUT2D eigenvalue weighted by Crippen LogP contribution is 2.17. The van der Waals surface area contributed by atoms with Crippen molar-refractivity contribution in [3.8, 4) is 5.82 Å². The predicted molar refractivity (Wildman–Crippen MR) is 77.6 cm³/mol. The van der Waals surface area contributed by atoms with Crippen molar-refractivity contribution >= 4 is 0 Å². The summed E-state index contributed by atoms with van der Waals surface area (Å²) in [5.74, 6) is 0.899. The van der Waals surface area contributed by atoms with Crippen molar-refractivity contribution in [2.45, 2.75) is 40.7 Å². The monoisotopic (exact) mass is 258 g/mol. The first-order valence-electron chi connectivity index (χ1n) is 6.89. The summed E-state index contributed by atoms with van der Waals surface area (Å²) in [5, 5.41) is 7.90. The number of nitrogens with one attached hydrogen (secondary N) is 1. The minimum atomic E-state index is 0.796. The number of hydrogen-bond donors (Lipinski definition) is 1. The zero-order valence-corrected chi connectivity index (χ0v) is 12.2. The van der Waals surface area contributed by atoms with Gasteiger partial charge in [-0.15, -0.1) is 0 Å². The number of rotatable bonds is 5. The zero-order chi connectivity index (χ0) is 13.8. The van der Waals surface area contributed by atoms with E-state index in [4.69, 9.17) is 0 Å². The third-order valence-corrected chi connectivity index (χ3v) is 3.36. The molecule has 2 aromatic heterocycles. The number of aryl methyl sites for hydroxylation is 1. The summed E-state index contributed by atoms with van der Waals surface area (Å²) >= 11 is 0. The van der Waals surface area contributed by atoms with Crippen LogP contribution in [0.15, 0.2) is 18.2 Å². The van der Waals surface area contributed by atoms with Crippen molar-refractivity contribution in [2.75, 3.05) is 6.54 Å². The smallest absolute Gasteiger partial charge is 0.153 e. The first kappa shape index (κ1) is 13.7. The number of pyridine rings is 1. The van der Waals surface area contributed by atoms with Crippen LogP contribution in [-0.4, -0.2) is 21.3 Å². The lowest BCUT2D eigenvalue weighted by molar-refractivity contribution is 0.702. The van der Waals surface area contributed by atoms with Gasteiger partial charge in [-0.2, -0.15) is 5.10 Å². The van der Waals surface area contributed by atoms with E-state index in [0.717, 1.165) is 36.7 Å². The van der Waals surface area contributed by atoms with Gasteiger partial charge in [0.05, 0.1) is 11.4 Å². The summed E-state index contributed by atoms with van der Waals surface area (Å²) in [7, 11) is 0. The van der Waals surface area contributed by atoms with E-state index >= 15 is 0 Å². The summed E-state index contributed by atoms with van der Waals surface area (Å²) in [6.07, 6.45) is 1.01. The number of nitrogens with zero attached hydrogens (tertiary/aromatic N) is 3. The summed E-state index contributed by atoms with van der Waals surface area (Å²) in [4.78, 5) is 4.67. The van der Waals surface area contributed by atoms with Crippen LogP contribution in [0.1, 0.15) is 36.5 Å². The minimum Gasteiger partial charge on any atom is -0.311 e. The van der Waals surface area contributed by atoms with E-state index in [9.17, 15) is 0 Å². The Hall–Kier alpha value is -1.68. The van der Waals surface area contributed by atoms with E-state index in [1.807, 2.05) is 22.9 Å². The van der Waals surface area contributed by atoms with Gasteiger partial charge in [-0.3, -0.25) is 0 Å². The molecule has 4 heteroatoms. The second-order valence-corrected chi connectivity index (χ2v) is 4.68. The average Bonchev–Trinajstić information content (AvgIpc) is 2.71. The lowest BCUT2D eigenvalue weighted by Gasteiger charge is -2.07. The fourth-order valence-electron chi connectivity index (χ4n) is 2.35. The van der Waals surface area contributed by atoms with Gasteiger partial charge in [-0.25, -0.2) is 9.67 Å². The van der Waals surface area contributed by atoms with Crippen molar-refractivity contribution in [3.63, 3.8) is 0 Å². The second kappa shape index (κ2) is 5.97. The molecule has 0 aliphatic carbocycles. The maximum Gasteiger partial charge on any atom is 0.153 e. The topological polar surface area (TPSA) is 42.7 Å². The van der Waals surface area contributed by atoms with Gasteiger partial charge in [-0.05, 0) is 44.5 Å². The van der Waals surface area contributed by atoms with Crippen molar-refractivity contribution in [1.29, 1.82) is 0 Å². The van der Waals surface area contributed by atoms with Crippen LogP contribution in [0.4, 0.5) is 0 Å². The molecule has 0 radical (unpaired) electrons. The van der Waals surface area contributed by atoms with E-state index < -0.39 is 0 Å². The molecule has 1 N–H and O–H groups in total. The molecule has 0 spiro atoms. The lowest BCUT2D eigenvalue weighted by atomic mass is 10.1. The third kappa shape index (κ3) is 2.84. The molecule has 2 rings (SSSR count). The van der Waals surface area contributed by atoms with Gasteiger partial charge in [0.2, 0.25) is 0 Å². The SMILES string of the molecule is CCNCc1cccc(-n2nc(C)c(CC)c2C)n1. The van der Waals surface area contributed by atoms with Crippen LogP contribution in [0, 0.1) is 13.8 Å². The Morgan fingerprint density at radius 2 is 2.00 bits per heavy atom. The Morgan fingerprint density at radius 3 is 2.63 bits per heavy atom. The van der Waals surface area contributed by atoms with Crippen molar-refractivity contribution in [1.82, 2.24) is 20.1 Å². The van der Waals surface area contributed by atoms with Gasteiger partial charge in [0.1, 0.15) is 0 Å². The van der Waals surface area contributed by atoms with Crippen LogP contribution in [0.25, 0.3) is 5.82 Å². The van der Waals surface area contributed by atoms with Crippen LogP contribution in [0.2, 0.25) is 0 Å². The third-order valence-electron chi connectivity index (χ3n) is 3.36. The van der Waals surface area contributed by atoms with Gasteiger partial charge in [-0.1, -0.05) is 19.9 Å². The minimum absolute atomic E-state index is 0.796. The molecule has 102 valence electrons. The molecule has 0 aromatic carbocycles. The van der Waals surface area contributed by atoms with Crippen molar-refractivity contribution < 1.29 is 0 Å². The normalized spacial score (nSPS) is 10.9. The van der Waals surface area contributed by atoms with E-state index in [-0.39, 0.29) is 0 Å². The molecule has 0 aliphatic rings. The Bertz CT molecular complexity index is 557. The van der Waals surface area contributed by atoms with Crippen LogP contribution in [-0.2, 0) is 13.0 Å². The standard InChI is InChI=1S/C15H22N4/c1-5-14-11(3)18-19(12(14)4)15-9-7-8-13(17-15)10-16-6-2/h7-9,16H,5-6,10H2,1-4H3. The molecular formula is C15H22N4. The zero-order valence-electron chi connectivity index (χ0n) is 12.2. The molecule has 0 atom stereocenters. The first-order valence-corrected chi connectivity index (χ1v) is 6.89. The van der Waals surface area contributed by atoms with Crippen LogP contribution >= 0.6 is 0 Å². The molecule has 0 aliphatic heterocycles. The van der Waals surface area contributed by atoms with Gasteiger partial charge in [0.25, 0.3) is 0 Å². The second-order valence-electron chi connectivity index (χ2n) is 4.68. The number of hydrogen-bond acceptors (Lipinski definition) is 3. The molecule has 19 heavy (non-hydrogen) atoms. The molecule has 4 nitrogen and oxygen atoms in total. The Balaban J connectivity index is 2.36. The Labute approximate surface area is 114 Å². The first-order chi connectivity index (χ1) is 9.17. The van der Waals surface area contributed by atoms with Gasteiger partial charge < -0.3 is 5.32 Å². The quantitative estimate of drug-likeness (QED) is 0.896. The average molecular weight is 258 g/mol. The lowest BCUT2D eigenvalue weighted by Crippen LogP contribution is -2.14. The van der Waals surface area contributed by atoms with Crippen LogP contribution in [0.5, 0.6) is 0 Å². The molecule has 2 heterocycles. The van der Waals surface area contributed by atoms with E-state index in [1.54, 1.807) is 0 Å². The van der Waals surface area contributed by atoms with Crippen molar-refractivity contribution in [3.05, 3.63) is 40.8 Å².